The number of nitrogens with one attached hydrogen (secondary N) is 1. The molecule has 0 bridgehead atoms. The first-order valence-electron chi connectivity index (χ1n) is 23.1. The van der Waals surface area contributed by atoms with Gasteiger partial charge < -0.3 is 28.9 Å². The molecule has 17 heteroatoms. The lowest BCUT2D eigenvalue weighted by atomic mass is 9.99. The van der Waals surface area contributed by atoms with Gasteiger partial charge in [-0.05, 0) is 68.3 Å². The Morgan fingerprint density at radius 2 is 1.76 bits per heavy atom. The van der Waals surface area contributed by atoms with Gasteiger partial charge in [0.25, 0.3) is 11.8 Å². The van der Waals surface area contributed by atoms with Gasteiger partial charge in [-0.25, -0.2) is 0 Å². The van der Waals surface area contributed by atoms with Crippen molar-refractivity contribution < 1.29 is 38.2 Å². The number of fused-ring (bicyclic) bond motifs is 3. The Kier molecular flexibility index (Phi) is 13.6. The highest BCUT2D eigenvalue weighted by Gasteiger charge is 2.45. The number of piperidine rings is 1. The molecule has 6 heterocycles. The molecule has 3 aromatic carbocycles. The second-order valence-electron chi connectivity index (χ2n) is 17.8. The summed E-state index contributed by atoms with van der Waals surface area (Å²) in [6, 6.07) is 21.2. The standard InChI is InChI=1S/C50H55N9O8/c1-3-44(61)58-23-22-57(28-34(58)18-20-51)46-38-19-21-56(41-15-7-10-32-9-4-5-13-37(32)41)30-40(38)52-50(54-46)67-31-35-27-36(29-55(35)2)66-26-25-65-24-8-12-33-11-6-14-39-45(33)49(64)59(48(39)63)42-16-17-43(60)53-47(42)62/h3-7,9-11,13-15,34-36,42H,1,8,12,16-19,21-31H2,2H3,(H,53,60,62)/t34-,35-,36+,42?/m0/s1. The smallest absolute Gasteiger partial charge is 0.318 e. The third-order valence-corrected chi connectivity index (χ3v) is 13.6. The molecule has 5 amide bonds. The van der Waals surface area contributed by atoms with E-state index < -0.39 is 29.7 Å². The Bertz CT molecular complexity index is 2630. The molecule has 0 aliphatic carbocycles. The zero-order valence-electron chi connectivity index (χ0n) is 37.7. The lowest BCUT2D eigenvalue weighted by Gasteiger charge is -2.42. The van der Waals surface area contributed by atoms with Crippen LogP contribution < -0.4 is 19.9 Å². The average molecular weight is 910 g/mol. The molecule has 17 nitrogen and oxygen atoms in total. The minimum absolute atomic E-state index is 0.0223. The number of likely N-dealkylation sites (N-methyl/N-ethyl adjacent to an activating group) is 1. The molecule has 3 fully saturated rings. The van der Waals surface area contributed by atoms with Crippen LogP contribution in [0.3, 0.4) is 0 Å². The molecule has 4 aromatic rings. The number of ether oxygens (including phenoxy) is 3. The molecule has 3 saturated heterocycles. The van der Waals surface area contributed by atoms with Crippen LogP contribution in [0.1, 0.15) is 69.6 Å². The van der Waals surface area contributed by atoms with Gasteiger partial charge in [0, 0.05) is 68.4 Å². The van der Waals surface area contributed by atoms with Crippen molar-refractivity contribution in [2.75, 3.05) is 76.0 Å². The Hall–Kier alpha value is -6.74. The van der Waals surface area contributed by atoms with Gasteiger partial charge in [-0.1, -0.05) is 55.1 Å². The fourth-order valence-electron chi connectivity index (χ4n) is 10.2. The molecule has 5 aliphatic heterocycles. The normalized spacial score (nSPS) is 21.9. The van der Waals surface area contributed by atoms with E-state index in [1.54, 1.807) is 17.0 Å². The number of aryl methyl sites for hydroxylation is 1. The number of nitriles is 1. The molecule has 1 N–H and O–H groups in total. The number of amides is 5. The van der Waals surface area contributed by atoms with Crippen molar-refractivity contribution >= 4 is 51.8 Å². The lowest BCUT2D eigenvalue weighted by Crippen LogP contribution is -2.55. The summed E-state index contributed by atoms with van der Waals surface area (Å²) < 4.78 is 18.6. The van der Waals surface area contributed by atoms with Crippen molar-refractivity contribution in [1.82, 2.24) is 30.0 Å². The van der Waals surface area contributed by atoms with E-state index in [1.165, 1.54) is 16.8 Å². The Labute approximate surface area is 389 Å². The topological polar surface area (TPSA) is 191 Å². The van der Waals surface area contributed by atoms with Crippen LogP contribution in [0.25, 0.3) is 10.8 Å². The van der Waals surface area contributed by atoms with Crippen molar-refractivity contribution in [2.45, 2.75) is 75.7 Å². The fourth-order valence-corrected chi connectivity index (χ4v) is 10.2. The van der Waals surface area contributed by atoms with Crippen molar-refractivity contribution in [3.05, 3.63) is 101 Å². The van der Waals surface area contributed by atoms with E-state index in [9.17, 15) is 29.2 Å². The Balaban J connectivity index is 0.791. The number of likely N-dealkylation sites (tertiary alicyclic amines) is 1. The van der Waals surface area contributed by atoms with Crippen LogP contribution in [0.2, 0.25) is 0 Å². The molecular weight excluding hydrogens is 855 g/mol. The largest absolute Gasteiger partial charge is 0.462 e. The van der Waals surface area contributed by atoms with Crippen LogP contribution >= 0.6 is 0 Å². The minimum Gasteiger partial charge on any atom is -0.462 e. The Morgan fingerprint density at radius 3 is 2.60 bits per heavy atom. The summed E-state index contributed by atoms with van der Waals surface area (Å²) in [5.41, 5.74) is 4.41. The van der Waals surface area contributed by atoms with Gasteiger partial charge in [-0.2, -0.15) is 15.2 Å². The number of aromatic nitrogens is 2. The van der Waals surface area contributed by atoms with Crippen molar-refractivity contribution in [3.8, 4) is 12.1 Å². The van der Waals surface area contributed by atoms with Gasteiger partial charge in [0.1, 0.15) is 18.5 Å². The maximum atomic E-state index is 13.4. The van der Waals surface area contributed by atoms with Gasteiger partial charge in [-0.3, -0.25) is 39.1 Å². The molecule has 5 aliphatic rings. The second kappa shape index (κ2) is 20.0. The zero-order valence-corrected chi connectivity index (χ0v) is 37.7. The van der Waals surface area contributed by atoms with Crippen LogP contribution in [0.15, 0.2) is 73.3 Å². The summed E-state index contributed by atoms with van der Waals surface area (Å²) in [4.78, 5) is 83.1. The summed E-state index contributed by atoms with van der Waals surface area (Å²) in [5.74, 6) is -1.45. The average Bonchev–Trinajstić information content (AvgIpc) is 3.83. The number of anilines is 2. The predicted molar refractivity (Wildman–Crippen MR) is 247 cm³/mol. The lowest BCUT2D eigenvalue weighted by molar-refractivity contribution is -0.136. The van der Waals surface area contributed by atoms with E-state index in [4.69, 9.17) is 24.2 Å². The van der Waals surface area contributed by atoms with E-state index in [0.717, 1.165) is 59.2 Å². The molecule has 1 aromatic heterocycles. The predicted octanol–water partition coefficient (Wildman–Crippen LogP) is 3.83. The fraction of sp³-hybridized carbons (Fsp3) is 0.440. The number of imide groups is 2. The molecule has 1 unspecified atom stereocenters. The van der Waals surface area contributed by atoms with E-state index in [-0.39, 0.29) is 48.9 Å². The molecule has 9 rings (SSSR count). The van der Waals surface area contributed by atoms with Crippen LogP contribution in [-0.2, 0) is 43.2 Å². The highest BCUT2D eigenvalue weighted by molar-refractivity contribution is 6.24. The van der Waals surface area contributed by atoms with E-state index >= 15 is 0 Å². The monoisotopic (exact) mass is 909 g/mol. The summed E-state index contributed by atoms with van der Waals surface area (Å²) in [6.07, 6.45) is 4.26. The maximum absolute atomic E-state index is 13.4. The first-order valence-corrected chi connectivity index (χ1v) is 23.1. The van der Waals surface area contributed by atoms with E-state index in [1.807, 2.05) is 6.07 Å². The minimum atomic E-state index is -1.00. The molecule has 0 spiro atoms. The molecule has 348 valence electrons. The number of carbonyl (C=O) groups excluding carboxylic acids is 5. The summed E-state index contributed by atoms with van der Waals surface area (Å²) in [6.45, 7) is 8.80. The second-order valence-corrected chi connectivity index (χ2v) is 17.8. The number of rotatable bonds is 16. The van der Waals surface area contributed by atoms with Crippen LogP contribution in [-0.4, -0.2) is 145 Å². The van der Waals surface area contributed by atoms with Crippen molar-refractivity contribution in [2.24, 2.45) is 0 Å². The Morgan fingerprint density at radius 1 is 0.925 bits per heavy atom. The molecular formula is C50H55N9O8. The molecule has 0 saturated carbocycles. The highest BCUT2D eigenvalue weighted by atomic mass is 16.5. The number of piperazine rings is 1. The quantitative estimate of drug-likeness (QED) is 0.0970. The SMILES string of the molecule is C=CC(=O)N1CCN(c2nc(OC[C@@H]3C[C@@H](OCCOCCCc4cccc5c4C(=O)N(C4CCC(=O)NC4=O)C5=O)CN3C)nc3c2CCN(c2cccc4ccccc24)C3)C[C@@H]1CC#N. The van der Waals surface area contributed by atoms with Gasteiger partial charge in [0.15, 0.2) is 0 Å². The van der Waals surface area contributed by atoms with Gasteiger partial charge >= 0.3 is 6.01 Å². The zero-order chi connectivity index (χ0) is 46.6. The first kappa shape index (κ1) is 45.4. The molecule has 67 heavy (non-hydrogen) atoms. The third-order valence-electron chi connectivity index (χ3n) is 13.6. The van der Waals surface area contributed by atoms with Crippen LogP contribution in [0.4, 0.5) is 11.5 Å². The summed E-state index contributed by atoms with van der Waals surface area (Å²) in [5, 5.41) is 14.3. The summed E-state index contributed by atoms with van der Waals surface area (Å²) >= 11 is 0. The number of nitrogens with zero attached hydrogens (tertiary/aromatic N) is 8. The maximum Gasteiger partial charge on any atom is 0.318 e. The van der Waals surface area contributed by atoms with Crippen molar-refractivity contribution in [3.63, 3.8) is 0 Å². The highest BCUT2D eigenvalue weighted by Crippen LogP contribution is 2.36. The van der Waals surface area contributed by atoms with Crippen LogP contribution in [0.5, 0.6) is 6.01 Å². The van der Waals surface area contributed by atoms with Gasteiger partial charge in [-0.15, -0.1) is 0 Å². The van der Waals surface area contributed by atoms with Crippen molar-refractivity contribution in [1.29, 1.82) is 5.26 Å². The summed E-state index contributed by atoms with van der Waals surface area (Å²) in [7, 11) is 2.05. The van der Waals surface area contributed by atoms with Gasteiger partial charge in [0.05, 0.1) is 61.2 Å². The molecule has 0 radical (unpaired) electrons. The first-order chi connectivity index (χ1) is 32.6. The van der Waals surface area contributed by atoms with E-state index in [2.05, 4.69) is 82.2 Å². The third kappa shape index (κ3) is 9.47. The number of benzene rings is 3. The van der Waals surface area contributed by atoms with Crippen LogP contribution in [0, 0.1) is 11.3 Å². The van der Waals surface area contributed by atoms with Gasteiger partial charge in [0.2, 0.25) is 17.7 Å². The number of hydrogen-bond donors (Lipinski definition) is 1. The number of carbonyl (C=O) groups is 5. The number of hydrogen-bond acceptors (Lipinski definition) is 14. The molecule has 4 atom stereocenters. The van der Waals surface area contributed by atoms with E-state index in [0.29, 0.717) is 77.0 Å².